The Morgan fingerprint density at radius 1 is 1.19 bits per heavy atom. The molecule has 0 atom stereocenters. The second kappa shape index (κ2) is 7.06. The van der Waals surface area contributed by atoms with Crippen molar-refractivity contribution in [2.75, 3.05) is 26.2 Å². The lowest BCUT2D eigenvalue weighted by atomic mass is 9.98. The van der Waals surface area contributed by atoms with Gasteiger partial charge in [0.1, 0.15) is 5.75 Å². The van der Waals surface area contributed by atoms with Crippen LogP contribution in [0.3, 0.4) is 0 Å². The van der Waals surface area contributed by atoms with Crippen molar-refractivity contribution < 1.29 is 23.9 Å². The van der Waals surface area contributed by atoms with Crippen LogP contribution in [-0.2, 0) is 9.53 Å². The van der Waals surface area contributed by atoms with E-state index in [0.29, 0.717) is 30.3 Å². The van der Waals surface area contributed by atoms with Gasteiger partial charge in [0.15, 0.2) is 6.61 Å². The number of hydrogen-bond donors (Lipinski definition) is 0. The highest BCUT2D eigenvalue weighted by Gasteiger charge is 2.38. The summed E-state index contributed by atoms with van der Waals surface area (Å²) in [7, 11) is 0. The average molecular weight is 367 g/mol. The normalized spacial score (nSPS) is 16.9. The number of imide groups is 1. The number of ether oxygens (including phenoxy) is 2. The third-order valence-corrected chi connectivity index (χ3v) is 4.47. The van der Waals surface area contributed by atoms with Gasteiger partial charge in [-0.2, -0.15) is 0 Å². The topological polar surface area (TPSA) is 89.0 Å². The van der Waals surface area contributed by atoms with E-state index in [1.165, 1.54) is 0 Å². The van der Waals surface area contributed by atoms with E-state index in [2.05, 4.69) is 4.98 Å². The van der Waals surface area contributed by atoms with Crippen LogP contribution in [0.25, 0.3) is 0 Å². The first-order valence-electron chi connectivity index (χ1n) is 8.55. The number of cyclic esters (lactones) is 1. The number of rotatable bonds is 5. The number of pyridine rings is 1. The maximum absolute atomic E-state index is 12.6. The Labute approximate surface area is 155 Å². The first-order chi connectivity index (χ1) is 13.1. The number of amides is 3. The number of aromatic nitrogens is 1. The van der Waals surface area contributed by atoms with Crippen molar-refractivity contribution in [1.29, 1.82) is 0 Å². The van der Waals surface area contributed by atoms with Crippen LogP contribution in [0, 0.1) is 5.92 Å². The van der Waals surface area contributed by atoms with Crippen LogP contribution in [0.15, 0.2) is 48.7 Å². The van der Waals surface area contributed by atoms with Gasteiger partial charge >= 0.3 is 6.09 Å². The molecular formula is C19H17N3O5. The fourth-order valence-corrected chi connectivity index (χ4v) is 3.07. The molecule has 1 aromatic heterocycles. The van der Waals surface area contributed by atoms with Gasteiger partial charge in [-0.25, -0.2) is 14.7 Å². The molecule has 3 amide bonds. The van der Waals surface area contributed by atoms with Gasteiger partial charge in [0.25, 0.3) is 11.8 Å². The lowest BCUT2D eigenvalue weighted by Crippen LogP contribution is -2.54. The number of nitrogens with zero attached hydrogens (tertiary/aromatic N) is 3. The maximum atomic E-state index is 12.6. The van der Waals surface area contributed by atoms with Gasteiger partial charge in [-0.15, -0.1) is 0 Å². The molecule has 0 saturated carbocycles. The van der Waals surface area contributed by atoms with Crippen molar-refractivity contribution >= 4 is 17.9 Å². The molecule has 0 bridgehead atoms. The van der Waals surface area contributed by atoms with E-state index in [-0.39, 0.29) is 30.9 Å². The molecular weight excluding hydrogens is 350 g/mol. The van der Waals surface area contributed by atoms with E-state index in [1.807, 2.05) is 6.07 Å². The summed E-state index contributed by atoms with van der Waals surface area (Å²) >= 11 is 0. The number of carbonyl (C=O) groups excluding carboxylic acids is 3. The summed E-state index contributed by atoms with van der Waals surface area (Å²) in [4.78, 5) is 42.5. The zero-order valence-electron chi connectivity index (χ0n) is 14.4. The molecule has 3 heterocycles. The zero-order chi connectivity index (χ0) is 18.8. The van der Waals surface area contributed by atoms with Crippen molar-refractivity contribution in [3.8, 4) is 11.6 Å². The third-order valence-electron chi connectivity index (χ3n) is 4.47. The predicted octanol–water partition coefficient (Wildman–Crippen LogP) is 1.92. The summed E-state index contributed by atoms with van der Waals surface area (Å²) in [6.45, 7) is 1.06. The standard InChI is InChI=1S/C19H17N3O5/c23-17-12-26-19(25)22(17)11-13-9-21(10-13)18(24)14-4-3-5-15(8-14)27-16-6-1-2-7-20-16/h1-8,13H,9-12H2. The molecule has 27 heavy (non-hydrogen) atoms. The van der Waals surface area contributed by atoms with Gasteiger partial charge in [0.2, 0.25) is 5.88 Å². The van der Waals surface area contributed by atoms with E-state index < -0.39 is 6.09 Å². The lowest BCUT2D eigenvalue weighted by molar-refractivity contribution is -0.126. The molecule has 8 nitrogen and oxygen atoms in total. The monoisotopic (exact) mass is 367 g/mol. The second-order valence-corrected chi connectivity index (χ2v) is 6.43. The highest BCUT2D eigenvalue weighted by atomic mass is 16.6. The fraction of sp³-hybridized carbons (Fsp3) is 0.263. The van der Waals surface area contributed by atoms with Gasteiger partial charge in [-0.3, -0.25) is 9.59 Å². The van der Waals surface area contributed by atoms with Crippen molar-refractivity contribution in [2.24, 2.45) is 5.92 Å². The molecule has 2 fully saturated rings. The van der Waals surface area contributed by atoms with E-state index in [0.717, 1.165) is 4.90 Å². The lowest BCUT2D eigenvalue weighted by Gasteiger charge is -2.40. The van der Waals surface area contributed by atoms with Crippen molar-refractivity contribution in [3.05, 3.63) is 54.2 Å². The minimum Gasteiger partial charge on any atom is -0.439 e. The molecule has 1 aromatic carbocycles. The SMILES string of the molecule is O=C(c1cccc(Oc2ccccn2)c1)N1CC(CN2C(=O)COC2=O)C1. The molecule has 0 aliphatic carbocycles. The minimum absolute atomic E-state index is 0.0662. The van der Waals surface area contributed by atoms with Gasteiger partial charge in [0.05, 0.1) is 0 Å². The highest BCUT2D eigenvalue weighted by molar-refractivity contribution is 5.98. The molecule has 8 heteroatoms. The number of carbonyl (C=O) groups is 3. The van der Waals surface area contributed by atoms with Gasteiger partial charge in [0, 0.05) is 43.4 Å². The van der Waals surface area contributed by atoms with Crippen LogP contribution in [0.4, 0.5) is 4.79 Å². The van der Waals surface area contributed by atoms with Crippen LogP contribution in [0.1, 0.15) is 10.4 Å². The van der Waals surface area contributed by atoms with Crippen molar-refractivity contribution in [3.63, 3.8) is 0 Å². The van der Waals surface area contributed by atoms with Gasteiger partial charge < -0.3 is 14.4 Å². The molecule has 2 saturated heterocycles. The molecule has 2 aromatic rings. The van der Waals surface area contributed by atoms with Crippen LogP contribution in [0.2, 0.25) is 0 Å². The quantitative estimate of drug-likeness (QED) is 0.802. The minimum atomic E-state index is -0.607. The van der Waals surface area contributed by atoms with Crippen LogP contribution in [-0.4, -0.2) is 58.9 Å². The highest BCUT2D eigenvalue weighted by Crippen LogP contribution is 2.24. The molecule has 0 radical (unpaired) electrons. The average Bonchev–Trinajstić information content (AvgIpc) is 2.96. The number of hydrogen-bond acceptors (Lipinski definition) is 6. The Morgan fingerprint density at radius 2 is 2.04 bits per heavy atom. The van der Waals surface area contributed by atoms with E-state index in [9.17, 15) is 14.4 Å². The predicted molar refractivity (Wildman–Crippen MR) is 93.2 cm³/mol. The Balaban J connectivity index is 1.35. The summed E-state index contributed by atoms with van der Waals surface area (Å²) < 4.78 is 10.3. The van der Waals surface area contributed by atoms with E-state index >= 15 is 0 Å². The largest absolute Gasteiger partial charge is 0.439 e. The molecule has 4 rings (SSSR count). The molecule has 2 aliphatic rings. The Hall–Kier alpha value is -3.42. The summed E-state index contributed by atoms with van der Waals surface area (Å²) in [5.74, 6) is 0.601. The maximum Gasteiger partial charge on any atom is 0.417 e. The van der Waals surface area contributed by atoms with Crippen molar-refractivity contribution in [1.82, 2.24) is 14.8 Å². The molecule has 0 spiro atoms. The van der Waals surface area contributed by atoms with E-state index in [1.54, 1.807) is 47.5 Å². The summed E-state index contributed by atoms with van der Waals surface area (Å²) in [6, 6.07) is 12.3. The van der Waals surface area contributed by atoms with Gasteiger partial charge in [-0.05, 0) is 24.3 Å². The van der Waals surface area contributed by atoms with Crippen LogP contribution < -0.4 is 4.74 Å². The zero-order valence-corrected chi connectivity index (χ0v) is 14.4. The summed E-state index contributed by atoms with van der Waals surface area (Å²) in [5.41, 5.74) is 0.513. The third kappa shape index (κ3) is 3.59. The molecule has 2 aliphatic heterocycles. The molecule has 0 N–H and O–H groups in total. The van der Waals surface area contributed by atoms with Crippen LogP contribution in [0.5, 0.6) is 11.6 Å². The van der Waals surface area contributed by atoms with Crippen LogP contribution >= 0.6 is 0 Å². The second-order valence-electron chi connectivity index (χ2n) is 6.43. The fourth-order valence-electron chi connectivity index (χ4n) is 3.07. The Bertz CT molecular complexity index is 864. The van der Waals surface area contributed by atoms with Gasteiger partial charge in [-0.1, -0.05) is 12.1 Å². The molecule has 138 valence electrons. The first-order valence-corrected chi connectivity index (χ1v) is 8.55. The summed E-state index contributed by atoms with van der Waals surface area (Å²) in [5, 5.41) is 0. The number of likely N-dealkylation sites (tertiary alicyclic amines) is 1. The molecule has 0 unspecified atom stereocenters. The van der Waals surface area contributed by atoms with Crippen molar-refractivity contribution in [2.45, 2.75) is 0 Å². The smallest absolute Gasteiger partial charge is 0.417 e. The summed E-state index contributed by atoms with van der Waals surface area (Å²) in [6.07, 6.45) is 1.02. The Kier molecular flexibility index (Phi) is 4.45. The Morgan fingerprint density at radius 3 is 2.74 bits per heavy atom. The number of benzene rings is 1. The first kappa shape index (κ1) is 17.0. The van der Waals surface area contributed by atoms with E-state index in [4.69, 9.17) is 9.47 Å².